The number of carbonyl (C=O) groups is 3. The van der Waals surface area contributed by atoms with E-state index in [0.717, 1.165) is 0 Å². The van der Waals surface area contributed by atoms with Crippen LogP contribution in [0.25, 0.3) is 0 Å². The second-order valence-corrected chi connectivity index (χ2v) is 12.1. The SMILES string of the molecule is C=C1[C@@]2(C)C[C@@H]3[C@](C)(CC[C@@]4(CCC(=O)OC4(C)C)[C@]34CO4)[C@@]13C(=O)O[C@@H](C)[C@@]3(O)C2=O. The van der Waals surface area contributed by atoms with Crippen LogP contribution in [-0.4, -0.2) is 52.3 Å². The number of epoxide rings is 1. The lowest BCUT2D eigenvalue weighted by Gasteiger charge is -2.66. The van der Waals surface area contributed by atoms with E-state index in [-0.39, 0.29) is 17.7 Å². The summed E-state index contributed by atoms with van der Waals surface area (Å²) in [5.74, 6) is -1.29. The van der Waals surface area contributed by atoms with Crippen LogP contribution in [0.1, 0.15) is 66.7 Å². The quantitative estimate of drug-likeness (QED) is 0.348. The van der Waals surface area contributed by atoms with E-state index in [1.54, 1.807) is 6.92 Å². The van der Waals surface area contributed by atoms with Gasteiger partial charge in [0.15, 0.2) is 11.4 Å². The molecule has 32 heavy (non-hydrogen) atoms. The summed E-state index contributed by atoms with van der Waals surface area (Å²) in [7, 11) is 0. The molecule has 0 aromatic carbocycles. The predicted octanol–water partition coefficient (Wildman–Crippen LogP) is 2.49. The molecule has 0 unspecified atom stereocenters. The van der Waals surface area contributed by atoms with Gasteiger partial charge in [-0.2, -0.15) is 0 Å². The van der Waals surface area contributed by atoms with Crippen LogP contribution in [-0.2, 0) is 28.6 Å². The Labute approximate surface area is 187 Å². The van der Waals surface area contributed by atoms with Crippen molar-refractivity contribution in [1.29, 1.82) is 0 Å². The van der Waals surface area contributed by atoms with E-state index >= 15 is 0 Å². The highest BCUT2D eigenvalue weighted by Crippen LogP contribution is 2.82. The maximum Gasteiger partial charge on any atom is 0.320 e. The molecule has 3 spiro atoms. The van der Waals surface area contributed by atoms with Crippen LogP contribution in [0, 0.1) is 27.6 Å². The molecule has 6 aliphatic rings. The minimum Gasteiger partial charge on any atom is -0.459 e. The van der Waals surface area contributed by atoms with E-state index in [1.165, 1.54) is 0 Å². The fourth-order valence-electron chi connectivity index (χ4n) is 9.41. The number of cyclic esters (lactones) is 2. The molecule has 7 heteroatoms. The molecule has 3 saturated heterocycles. The van der Waals surface area contributed by atoms with Crippen LogP contribution < -0.4 is 0 Å². The molecule has 6 rings (SSSR count). The molecule has 3 saturated carbocycles. The van der Waals surface area contributed by atoms with Crippen LogP contribution >= 0.6 is 0 Å². The first-order valence-electron chi connectivity index (χ1n) is 11.8. The molecule has 0 aromatic rings. The summed E-state index contributed by atoms with van der Waals surface area (Å²) < 4.78 is 17.8. The minimum absolute atomic E-state index is 0.189. The van der Waals surface area contributed by atoms with Crippen LogP contribution in [0.3, 0.4) is 0 Å². The van der Waals surface area contributed by atoms with E-state index < -0.39 is 50.5 Å². The molecule has 3 aliphatic heterocycles. The van der Waals surface area contributed by atoms with Gasteiger partial charge >= 0.3 is 11.9 Å². The van der Waals surface area contributed by atoms with E-state index in [4.69, 9.17) is 14.2 Å². The first-order valence-corrected chi connectivity index (χ1v) is 11.8. The van der Waals surface area contributed by atoms with Crippen molar-refractivity contribution < 1.29 is 33.7 Å². The maximum absolute atomic E-state index is 13.9. The summed E-state index contributed by atoms with van der Waals surface area (Å²) in [5.41, 5.74) is -6.54. The lowest BCUT2D eigenvalue weighted by Crippen LogP contribution is -2.71. The van der Waals surface area contributed by atoms with Crippen LogP contribution in [0.15, 0.2) is 12.2 Å². The highest BCUT2D eigenvalue weighted by molar-refractivity contribution is 6.10. The van der Waals surface area contributed by atoms with Crippen LogP contribution in [0.2, 0.25) is 0 Å². The normalized spacial score (nSPS) is 57.3. The van der Waals surface area contributed by atoms with Crippen molar-refractivity contribution in [1.82, 2.24) is 0 Å². The summed E-state index contributed by atoms with van der Waals surface area (Å²) in [6.07, 6.45) is 1.74. The lowest BCUT2D eigenvalue weighted by molar-refractivity contribution is -0.238. The first kappa shape index (κ1) is 20.8. The molecule has 7 nitrogen and oxygen atoms in total. The van der Waals surface area contributed by atoms with Crippen molar-refractivity contribution in [2.24, 2.45) is 27.6 Å². The Kier molecular flexibility index (Phi) is 3.37. The predicted molar refractivity (Wildman–Crippen MR) is 111 cm³/mol. The van der Waals surface area contributed by atoms with E-state index in [1.807, 2.05) is 27.7 Å². The third-order valence-electron chi connectivity index (χ3n) is 11.1. The number of hydrogen-bond donors (Lipinski definition) is 1. The molecule has 0 aromatic heterocycles. The van der Waals surface area contributed by atoms with Gasteiger partial charge < -0.3 is 19.3 Å². The number of fused-ring (bicyclic) bond motifs is 4. The lowest BCUT2D eigenvalue weighted by atomic mass is 9.36. The Morgan fingerprint density at radius 2 is 1.72 bits per heavy atom. The molecule has 174 valence electrons. The first-order chi connectivity index (χ1) is 14.7. The molecule has 3 heterocycles. The minimum atomic E-state index is -1.94. The van der Waals surface area contributed by atoms with E-state index in [0.29, 0.717) is 44.3 Å². The van der Waals surface area contributed by atoms with Crippen molar-refractivity contribution in [2.45, 2.75) is 89.6 Å². The van der Waals surface area contributed by atoms with Gasteiger partial charge in [0.2, 0.25) is 0 Å². The Morgan fingerprint density at radius 1 is 1.06 bits per heavy atom. The number of hydrogen-bond acceptors (Lipinski definition) is 7. The van der Waals surface area contributed by atoms with Gasteiger partial charge in [-0.1, -0.05) is 13.5 Å². The summed E-state index contributed by atoms with van der Waals surface area (Å²) in [5, 5.41) is 12.0. The van der Waals surface area contributed by atoms with Crippen molar-refractivity contribution in [3.8, 4) is 0 Å². The zero-order valence-electron chi connectivity index (χ0n) is 19.5. The number of ether oxygens (including phenoxy) is 3. The third kappa shape index (κ3) is 1.61. The average molecular weight is 445 g/mol. The van der Waals surface area contributed by atoms with Gasteiger partial charge in [0.05, 0.1) is 12.0 Å². The Bertz CT molecular complexity index is 1030. The molecular formula is C25H32O7. The van der Waals surface area contributed by atoms with E-state index in [2.05, 4.69) is 6.58 Å². The molecule has 3 aliphatic carbocycles. The van der Waals surface area contributed by atoms with Crippen LogP contribution in [0.4, 0.5) is 0 Å². The van der Waals surface area contributed by atoms with Crippen molar-refractivity contribution in [3.63, 3.8) is 0 Å². The highest BCUT2D eigenvalue weighted by atomic mass is 16.6. The Morgan fingerprint density at radius 3 is 2.31 bits per heavy atom. The van der Waals surface area contributed by atoms with Gasteiger partial charge in [-0.15, -0.1) is 0 Å². The second kappa shape index (κ2) is 5.17. The van der Waals surface area contributed by atoms with Crippen molar-refractivity contribution in [2.75, 3.05) is 6.61 Å². The molecule has 0 radical (unpaired) electrons. The largest absolute Gasteiger partial charge is 0.459 e. The standard InChI is InChI=1S/C25H32O7/c1-13-20(5)11-15-21(6,24(13)18(28)31-14(2)25(24,29)17(20)27)9-10-22(23(15)12-30-23)8-7-16(26)32-19(22,3)4/h14-15,29H,1,7-12H2,2-6H3/t14-,15+,20+,21-,22+,23-,24-,25+/m0/s1. The number of aliphatic hydroxyl groups is 1. The fourth-order valence-corrected chi connectivity index (χ4v) is 9.41. The van der Waals surface area contributed by atoms with Crippen molar-refractivity contribution in [3.05, 3.63) is 12.2 Å². The number of esters is 2. The molecular weight excluding hydrogens is 412 g/mol. The second-order valence-electron chi connectivity index (χ2n) is 12.1. The van der Waals surface area contributed by atoms with Gasteiger partial charge in [-0.25, -0.2) is 0 Å². The smallest absolute Gasteiger partial charge is 0.320 e. The third-order valence-corrected chi connectivity index (χ3v) is 11.1. The summed E-state index contributed by atoms with van der Waals surface area (Å²) in [6, 6.07) is 0. The van der Waals surface area contributed by atoms with Crippen LogP contribution in [0.5, 0.6) is 0 Å². The summed E-state index contributed by atoms with van der Waals surface area (Å²) in [4.78, 5) is 39.7. The maximum atomic E-state index is 13.9. The zero-order valence-corrected chi connectivity index (χ0v) is 19.5. The highest BCUT2D eigenvalue weighted by Gasteiger charge is 2.92. The van der Waals surface area contributed by atoms with Gasteiger partial charge in [-0.3, -0.25) is 14.4 Å². The molecule has 2 bridgehead atoms. The molecule has 1 N–H and O–H groups in total. The fraction of sp³-hybridized carbons (Fsp3) is 0.800. The summed E-state index contributed by atoms with van der Waals surface area (Å²) >= 11 is 0. The number of rotatable bonds is 0. The van der Waals surface area contributed by atoms with Gasteiger partial charge in [0.1, 0.15) is 22.7 Å². The Balaban J connectivity index is 1.60. The average Bonchev–Trinajstić information content (AvgIpc) is 3.44. The topological polar surface area (TPSA) is 102 Å². The molecule has 0 amide bonds. The number of ketones is 1. The monoisotopic (exact) mass is 444 g/mol. The number of carbonyl (C=O) groups excluding carboxylic acids is 3. The Hall–Kier alpha value is -1.73. The van der Waals surface area contributed by atoms with Crippen molar-refractivity contribution >= 4 is 17.7 Å². The van der Waals surface area contributed by atoms with Gasteiger partial charge in [0.25, 0.3) is 0 Å². The molecule has 6 fully saturated rings. The van der Waals surface area contributed by atoms with Gasteiger partial charge in [-0.05, 0) is 70.3 Å². The summed E-state index contributed by atoms with van der Waals surface area (Å²) in [6.45, 7) is 14.1. The van der Waals surface area contributed by atoms with E-state index in [9.17, 15) is 19.5 Å². The molecule has 8 atom stereocenters. The van der Waals surface area contributed by atoms with Gasteiger partial charge in [0, 0.05) is 11.8 Å². The zero-order chi connectivity index (χ0) is 23.3. The number of Topliss-reactive ketones (excluding diaryl/α,β-unsaturated/α-hetero) is 1.